The number of carbonyl (C=O) groups is 1. The van der Waals surface area contributed by atoms with Gasteiger partial charge in [-0.15, -0.1) is 0 Å². The first-order chi connectivity index (χ1) is 4.70. The normalized spacial score (nSPS) is 10.0. The van der Waals surface area contributed by atoms with Gasteiger partial charge in [-0.1, -0.05) is 0 Å². The van der Waals surface area contributed by atoms with E-state index in [9.17, 15) is 4.79 Å². The Bertz CT molecular complexity index is 102. The highest BCUT2D eigenvalue weighted by Gasteiger charge is 2.05. The molecule has 0 aliphatic carbocycles. The molecule has 0 saturated carbocycles. The van der Waals surface area contributed by atoms with E-state index in [1.54, 1.807) is 0 Å². The summed E-state index contributed by atoms with van der Waals surface area (Å²) in [7, 11) is 0. The highest BCUT2D eigenvalue weighted by atomic mass is 16.7. The molecular formula is C5H11NO4. The summed E-state index contributed by atoms with van der Waals surface area (Å²) in [4.78, 5) is 14.7. The predicted molar refractivity (Wildman–Crippen MR) is 32.9 cm³/mol. The van der Waals surface area contributed by atoms with E-state index in [2.05, 4.69) is 4.84 Å². The van der Waals surface area contributed by atoms with Crippen LogP contribution in [0.2, 0.25) is 0 Å². The van der Waals surface area contributed by atoms with E-state index in [0.717, 1.165) is 0 Å². The van der Waals surface area contributed by atoms with Crippen molar-refractivity contribution in [3.8, 4) is 0 Å². The number of aliphatic hydroxyl groups is 2. The van der Waals surface area contributed by atoms with Gasteiger partial charge in [-0.3, -0.25) is 9.63 Å². The first-order valence-corrected chi connectivity index (χ1v) is 2.84. The third-order valence-corrected chi connectivity index (χ3v) is 0.777. The molecule has 0 atom stereocenters. The van der Waals surface area contributed by atoms with Gasteiger partial charge in [0, 0.05) is 6.92 Å². The zero-order chi connectivity index (χ0) is 7.98. The third kappa shape index (κ3) is 4.25. The van der Waals surface area contributed by atoms with Crippen LogP contribution in [-0.2, 0) is 9.63 Å². The lowest BCUT2D eigenvalue weighted by atomic mass is 10.4. The number of hydrogen-bond acceptors (Lipinski definition) is 4. The van der Waals surface area contributed by atoms with Crippen molar-refractivity contribution in [2.24, 2.45) is 0 Å². The summed E-state index contributed by atoms with van der Waals surface area (Å²) in [5.74, 6) is -0.369. The van der Waals surface area contributed by atoms with Crippen molar-refractivity contribution >= 4 is 5.91 Å². The van der Waals surface area contributed by atoms with Crippen LogP contribution in [0.25, 0.3) is 0 Å². The van der Waals surface area contributed by atoms with Crippen LogP contribution in [0.15, 0.2) is 0 Å². The number of rotatable bonds is 4. The number of hydrogen-bond donors (Lipinski definition) is 3. The molecule has 0 rings (SSSR count). The van der Waals surface area contributed by atoms with Crippen molar-refractivity contribution < 1.29 is 19.8 Å². The molecule has 0 heterocycles. The Kier molecular flexibility index (Phi) is 4.82. The highest BCUT2D eigenvalue weighted by molar-refractivity contribution is 5.71. The van der Waals surface area contributed by atoms with E-state index >= 15 is 0 Å². The molecule has 0 unspecified atom stereocenters. The highest BCUT2D eigenvalue weighted by Crippen LogP contribution is 1.83. The number of aliphatic hydroxyl groups excluding tert-OH is 2. The Morgan fingerprint density at radius 2 is 2.10 bits per heavy atom. The van der Waals surface area contributed by atoms with E-state index in [1.807, 2.05) is 5.48 Å². The van der Waals surface area contributed by atoms with Crippen LogP contribution in [0, 0.1) is 0 Å². The van der Waals surface area contributed by atoms with Gasteiger partial charge in [0.05, 0.1) is 13.2 Å². The molecule has 5 nitrogen and oxygen atoms in total. The molecule has 0 aromatic carbocycles. The Morgan fingerprint density at radius 1 is 1.60 bits per heavy atom. The zero-order valence-corrected chi connectivity index (χ0v) is 5.70. The van der Waals surface area contributed by atoms with Crippen molar-refractivity contribution in [2.45, 2.75) is 13.0 Å². The minimum Gasteiger partial charge on any atom is -0.393 e. The average molecular weight is 149 g/mol. The molecule has 0 aliphatic rings. The summed E-state index contributed by atoms with van der Waals surface area (Å²) in [5, 5.41) is 16.8. The summed E-state index contributed by atoms with van der Waals surface area (Å²) < 4.78 is 0. The molecular weight excluding hydrogens is 138 g/mol. The van der Waals surface area contributed by atoms with Crippen molar-refractivity contribution in [1.29, 1.82) is 0 Å². The van der Waals surface area contributed by atoms with Crippen LogP contribution in [0.3, 0.4) is 0 Å². The lowest BCUT2D eigenvalue weighted by molar-refractivity contribution is -0.140. The Morgan fingerprint density at radius 3 is 2.40 bits per heavy atom. The van der Waals surface area contributed by atoms with Gasteiger partial charge in [0.25, 0.3) is 0 Å². The molecule has 1 amide bonds. The maximum absolute atomic E-state index is 10.2. The van der Waals surface area contributed by atoms with Gasteiger partial charge in [-0.2, -0.15) is 0 Å². The lowest BCUT2D eigenvalue weighted by Gasteiger charge is -2.10. The van der Waals surface area contributed by atoms with E-state index < -0.39 is 6.10 Å². The Labute approximate surface area is 58.6 Å². The van der Waals surface area contributed by atoms with Crippen LogP contribution >= 0.6 is 0 Å². The molecule has 5 heteroatoms. The summed E-state index contributed by atoms with van der Waals surface area (Å²) in [5.41, 5.74) is 1.99. The fraction of sp³-hybridized carbons (Fsp3) is 0.800. The SMILES string of the molecule is CC(=O)NOC(CO)CO. The van der Waals surface area contributed by atoms with Gasteiger partial charge in [0.2, 0.25) is 5.91 Å². The van der Waals surface area contributed by atoms with Gasteiger partial charge in [-0.25, -0.2) is 5.48 Å². The maximum atomic E-state index is 10.2. The summed E-state index contributed by atoms with van der Waals surface area (Å²) in [6.07, 6.45) is -0.733. The minimum absolute atomic E-state index is 0.323. The van der Waals surface area contributed by atoms with Crippen LogP contribution in [0.5, 0.6) is 0 Å². The van der Waals surface area contributed by atoms with Crippen LogP contribution in [-0.4, -0.2) is 35.4 Å². The largest absolute Gasteiger partial charge is 0.393 e. The minimum atomic E-state index is -0.733. The predicted octanol–water partition coefficient (Wildman–Crippen LogP) is -1.59. The summed E-state index contributed by atoms with van der Waals surface area (Å²) >= 11 is 0. The van der Waals surface area contributed by atoms with E-state index in [0.29, 0.717) is 0 Å². The van der Waals surface area contributed by atoms with Crippen LogP contribution < -0.4 is 5.48 Å². The number of carbonyl (C=O) groups excluding carboxylic acids is 1. The third-order valence-electron chi connectivity index (χ3n) is 0.777. The maximum Gasteiger partial charge on any atom is 0.240 e. The Hall–Kier alpha value is -0.650. The number of nitrogens with one attached hydrogen (secondary N) is 1. The molecule has 0 spiro atoms. The molecule has 0 saturated heterocycles. The Balaban J connectivity index is 3.34. The molecule has 3 N–H and O–H groups in total. The molecule has 0 aromatic rings. The number of hydroxylamine groups is 1. The fourth-order valence-electron chi connectivity index (χ4n) is 0.299. The van der Waals surface area contributed by atoms with Gasteiger partial charge in [0.1, 0.15) is 6.10 Å². The molecule has 0 radical (unpaired) electrons. The van der Waals surface area contributed by atoms with Crippen molar-refractivity contribution in [3.05, 3.63) is 0 Å². The lowest BCUT2D eigenvalue weighted by Crippen LogP contribution is -2.32. The molecule has 60 valence electrons. The first kappa shape index (κ1) is 9.35. The summed E-state index contributed by atoms with van der Waals surface area (Å²) in [6.45, 7) is 0.624. The molecule has 10 heavy (non-hydrogen) atoms. The quantitative estimate of drug-likeness (QED) is 0.421. The molecule has 0 aliphatic heterocycles. The van der Waals surface area contributed by atoms with E-state index in [-0.39, 0.29) is 19.1 Å². The average Bonchev–Trinajstić information content (AvgIpc) is 1.90. The zero-order valence-electron chi connectivity index (χ0n) is 5.70. The molecule has 0 bridgehead atoms. The second-order valence-corrected chi connectivity index (χ2v) is 1.76. The van der Waals surface area contributed by atoms with Gasteiger partial charge >= 0.3 is 0 Å². The summed E-state index contributed by atoms with van der Waals surface area (Å²) in [6, 6.07) is 0. The second kappa shape index (κ2) is 5.16. The first-order valence-electron chi connectivity index (χ1n) is 2.84. The topological polar surface area (TPSA) is 78.8 Å². The van der Waals surface area contributed by atoms with Crippen molar-refractivity contribution in [3.63, 3.8) is 0 Å². The monoisotopic (exact) mass is 149 g/mol. The molecule has 0 aromatic heterocycles. The van der Waals surface area contributed by atoms with E-state index in [1.165, 1.54) is 6.92 Å². The van der Waals surface area contributed by atoms with Crippen molar-refractivity contribution in [1.82, 2.24) is 5.48 Å². The number of amides is 1. The van der Waals surface area contributed by atoms with Crippen LogP contribution in [0.4, 0.5) is 0 Å². The second-order valence-electron chi connectivity index (χ2n) is 1.76. The smallest absolute Gasteiger partial charge is 0.240 e. The van der Waals surface area contributed by atoms with Crippen molar-refractivity contribution in [2.75, 3.05) is 13.2 Å². The fourth-order valence-corrected chi connectivity index (χ4v) is 0.299. The standard InChI is InChI=1S/C5H11NO4/c1-4(9)6-10-5(2-7)3-8/h5,7-8H,2-3H2,1H3,(H,6,9). The van der Waals surface area contributed by atoms with Crippen LogP contribution in [0.1, 0.15) is 6.92 Å². The van der Waals surface area contributed by atoms with Gasteiger partial charge in [0.15, 0.2) is 0 Å². The molecule has 0 fully saturated rings. The van der Waals surface area contributed by atoms with E-state index in [4.69, 9.17) is 10.2 Å². The van der Waals surface area contributed by atoms with Gasteiger partial charge in [-0.05, 0) is 0 Å². The van der Waals surface area contributed by atoms with Gasteiger partial charge < -0.3 is 10.2 Å².